The largest absolute Gasteiger partial charge is 0.486 e. The highest BCUT2D eigenvalue weighted by molar-refractivity contribution is 5.43. The van der Waals surface area contributed by atoms with Crippen molar-refractivity contribution in [2.24, 2.45) is 0 Å². The number of likely N-dealkylation sites (N-methyl/N-ethyl adjacent to an activating group) is 1. The topological polar surface area (TPSA) is 45.2 Å². The Labute approximate surface area is 126 Å². The van der Waals surface area contributed by atoms with Crippen molar-refractivity contribution < 1.29 is 14.6 Å². The second kappa shape index (κ2) is 6.64. The van der Waals surface area contributed by atoms with Crippen molar-refractivity contribution in [1.29, 1.82) is 0 Å². The summed E-state index contributed by atoms with van der Waals surface area (Å²) in [6.45, 7) is 5.56. The minimum absolute atomic E-state index is 0.257. The van der Waals surface area contributed by atoms with Crippen molar-refractivity contribution in [1.82, 2.24) is 9.80 Å². The van der Waals surface area contributed by atoms with E-state index in [1.807, 2.05) is 6.07 Å². The van der Waals surface area contributed by atoms with E-state index in [9.17, 15) is 0 Å². The Morgan fingerprint density at radius 3 is 2.81 bits per heavy atom. The zero-order chi connectivity index (χ0) is 14.7. The molecular weight excluding hydrogens is 268 g/mol. The van der Waals surface area contributed by atoms with Crippen molar-refractivity contribution >= 4 is 0 Å². The minimum Gasteiger partial charge on any atom is -0.486 e. The molecule has 2 aliphatic rings. The zero-order valence-corrected chi connectivity index (χ0v) is 12.6. The number of nitrogens with zero attached hydrogens (tertiary/aromatic N) is 2. The third kappa shape index (κ3) is 3.48. The molecule has 21 heavy (non-hydrogen) atoms. The molecule has 0 spiro atoms. The van der Waals surface area contributed by atoms with Crippen molar-refractivity contribution in [3.63, 3.8) is 0 Å². The lowest BCUT2D eigenvalue weighted by molar-refractivity contribution is 0.0742. The molecule has 2 aliphatic heterocycles. The van der Waals surface area contributed by atoms with Crippen LogP contribution in [0.4, 0.5) is 0 Å². The number of aliphatic hydroxyl groups is 1. The van der Waals surface area contributed by atoms with Crippen LogP contribution < -0.4 is 9.47 Å². The molecular formula is C16H24N2O3. The van der Waals surface area contributed by atoms with Crippen LogP contribution in [-0.2, 0) is 6.54 Å². The summed E-state index contributed by atoms with van der Waals surface area (Å²) < 4.78 is 11.2. The maximum atomic E-state index is 9.17. The van der Waals surface area contributed by atoms with E-state index in [4.69, 9.17) is 14.6 Å². The Balaban J connectivity index is 1.63. The summed E-state index contributed by atoms with van der Waals surface area (Å²) in [5, 5.41) is 9.17. The number of hydrogen-bond donors (Lipinski definition) is 1. The summed E-state index contributed by atoms with van der Waals surface area (Å²) in [4.78, 5) is 4.79. The third-order valence-corrected chi connectivity index (χ3v) is 4.34. The van der Waals surface area contributed by atoms with Gasteiger partial charge in [-0.25, -0.2) is 0 Å². The number of piperazine rings is 1. The van der Waals surface area contributed by atoms with Gasteiger partial charge in [0.05, 0.1) is 0 Å². The Morgan fingerprint density at radius 1 is 1.19 bits per heavy atom. The van der Waals surface area contributed by atoms with Crippen molar-refractivity contribution in [2.75, 3.05) is 46.5 Å². The maximum absolute atomic E-state index is 9.17. The molecule has 5 nitrogen and oxygen atoms in total. The monoisotopic (exact) mass is 292 g/mol. The number of rotatable bonds is 4. The first kappa shape index (κ1) is 14.6. The predicted molar refractivity (Wildman–Crippen MR) is 80.8 cm³/mol. The molecule has 5 heteroatoms. The molecule has 0 saturated carbocycles. The molecule has 0 radical (unpaired) electrons. The molecule has 1 fully saturated rings. The number of hydrogen-bond acceptors (Lipinski definition) is 5. The molecule has 1 N–H and O–H groups in total. The maximum Gasteiger partial charge on any atom is 0.161 e. The second-order valence-electron chi connectivity index (χ2n) is 5.86. The van der Waals surface area contributed by atoms with Crippen LogP contribution in [0.2, 0.25) is 0 Å². The summed E-state index contributed by atoms with van der Waals surface area (Å²) in [6, 6.07) is 6.66. The average Bonchev–Trinajstić information content (AvgIpc) is 2.51. The highest BCUT2D eigenvalue weighted by Crippen LogP contribution is 2.31. The van der Waals surface area contributed by atoms with E-state index in [-0.39, 0.29) is 6.61 Å². The standard InChI is InChI=1S/C16H24N2O3/c1-17-5-6-18(12-14(17)4-7-19)11-13-2-3-15-16(10-13)21-9-8-20-15/h2-3,10,14,19H,4-9,11-12H2,1H3. The normalized spacial score (nSPS) is 23.2. The molecule has 1 aromatic rings. The van der Waals surface area contributed by atoms with E-state index in [1.54, 1.807) is 0 Å². The Morgan fingerprint density at radius 2 is 2.00 bits per heavy atom. The van der Waals surface area contributed by atoms with Gasteiger partial charge in [-0.05, 0) is 31.2 Å². The Bertz CT molecular complexity index is 481. The van der Waals surface area contributed by atoms with Gasteiger partial charge in [0, 0.05) is 38.8 Å². The lowest BCUT2D eigenvalue weighted by atomic mass is 10.1. The Hall–Kier alpha value is -1.30. The molecule has 116 valence electrons. The van der Waals surface area contributed by atoms with Crippen LogP contribution in [0.15, 0.2) is 18.2 Å². The van der Waals surface area contributed by atoms with Crippen LogP contribution >= 0.6 is 0 Å². The molecule has 1 aromatic carbocycles. The molecule has 0 aromatic heterocycles. The first-order valence-electron chi connectivity index (χ1n) is 7.68. The molecule has 1 saturated heterocycles. The van der Waals surface area contributed by atoms with Gasteiger partial charge in [0.2, 0.25) is 0 Å². The zero-order valence-electron chi connectivity index (χ0n) is 12.6. The third-order valence-electron chi connectivity index (χ3n) is 4.34. The summed E-state index contributed by atoms with van der Waals surface area (Å²) in [5.74, 6) is 1.71. The fourth-order valence-electron chi connectivity index (χ4n) is 3.06. The number of fused-ring (bicyclic) bond motifs is 1. The number of benzene rings is 1. The number of ether oxygens (including phenoxy) is 2. The molecule has 2 heterocycles. The Kier molecular flexibility index (Phi) is 4.63. The average molecular weight is 292 g/mol. The lowest BCUT2D eigenvalue weighted by Crippen LogP contribution is -2.51. The van der Waals surface area contributed by atoms with Gasteiger partial charge in [0.25, 0.3) is 0 Å². The number of aliphatic hydroxyl groups excluding tert-OH is 1. The molecule has 3 rings (SSSR count). The summed E-state index contributed by atoms with van der Waals surface area (Å²) in [5.41, 5.74) is 1.26. The van der Waals surface area contributed by atoms with Crippen LogP contribution in [0.1, 0.15) is 12.0 Å². The molecule has 0 amide bonds. The first-order valence-corrected chi connectivity index (χ1v) is 7.68. The molecule has 0 bridgehead atoms. The quantitative estimate of drug-likeness (QED) is 0.895. The van der Waals surface area contributed by atoms with Gasteiger partial charge in [-0.2, -0.15) is 0 Å². The fourth-order valence-corrected chi connectivity index (χ4v) is 3.06. The minimum atomic E-state index is 0.257. The van der Waals surface area contributed by atoms with Crippen LogP contribution in [-0.4, -0.2) is 67.5 Å². The van der Waals surface area contributed by atoms with E-state index in [1.165, 1.54) is 5.56 Å². The van der Waals surface area contributed by atoms with Gasteiger partial charge < -0.3 is 19.5 Å². The van der Waals surface area contributed by atoms with Gasteiger partial charge in [0.1, 0.15) is 13.2 Å². The van der Waals surface area contributed by atoms with Crippen LogP contribution in [0.5, 0.6) is 11.5 Å². The summed E-state index contributed by atoms with van der Waals surface area (Å²) >= 11 is 0. The van der Waals surface area contributed by atoms with Crippen molar-refractivity contribution in [2.45, 2.75) is 19.0 Å². The second-order valence-corrected chi connectivity index (χ2v) is 5.86. The van der Waals surface area contributed by atoms with Gasteiger partial charge >= 0.3 is 0 Å². The van der Waals surface area contributed by atoms with Crippen LogP contribution in [0.3, 0.4) is 0 Å². The fraction of sp³-hybridized carbons (Fsp3) is 0.625. The van der Waals surface area contributed by atoms with Crippen LogP contribution in [0.25, 0.3) is 0 Å². The predicted octanol–water partition coefficient (Wildman–Crippen LogP) is 0.956. The van der Waals surface area contributed by atoms with E-state index in [2.05, 4.69) is 29.0 Å². The highest BCUT2D eigenvalue weighted by Gasteiger charge is 2.24. The van der Waals surface area contributed by atoms with E-state index in [0.29, 0.717) is 19.3 Å². The van der Waals surface area contributed by atoms with Gasteiger partial charge in [-0.1, -0.05) is 6.07 Å². The molecule has 1 atom stereocenters. The van der Waals surface area contributed by atoms with Gasteiger partial charge in [-0.15, -0.1) is 0 Å². The lowest BCUT2D eigenvalue weighted by Gasteiger charge is -2.39. The van der Waals surface area contributed by atoms with E-state index >= 15 is 0 Å². The first-order chi connectivity index (χ1) is 10.3. The van der Waals surface area contributed by atoms with Crippen molar-refractivity contribution in [3.8, 4) is 11.5 Å². The smallest absolute Gasteiger partial charge is 0.161 e. The highest BCUT2D eigenvalue weighted by atomic mass is 16.6. The summed E-state index contributed by atoms with van der Waals surface area (Å²) in [6.07, 6.45) is 0.841. The molecule has 0 aliphatic carbocycles. The van der Waals surface area contributed by atoms with Crippen molar-refractivity contribution in [3.05, 3.63) is 23.8 Å². The van der Waals surface area contributed by atoms with Gasteiger partial charge in [-0.3, -0.25) is 4.90 Å². The summed E-state index contributed by atoms with van der Waals surface area (Å²) in [7, 11) is 2.14. The van der Waals surface area contributed by atoms with Crippen LogP contribution in [0, 0.1) is 0 Å². The van der Waals surface area contributed by atoms with E-state index in [0.717, 1.165) is 44.1 Å². The SMILES string of the molecule is CN1CCN(Cc2ccc3c(c2)OCCO3)CC1CCO. The molecule has 1 unspecified atom stereocenters. The van der Waals surface area contributed by atoms with E-state index < -0.39 is 0 Å². The van der Waals surface area contributed by atoms with Gasteiger partial charge in [0.15, 0.2) is 11.5 Å².